The average Bonchev–Trinajstić information content (AvgIpc) is 2.67. The van der Waals surface area contributed by atoms with Gasteiger partial charge in [0.2, 0.25) is 0 Å². The molecule has 0 aromatic carbocycles. The first kappa shape index (κ1) is 9.54. The highest BCUT2D eigenvalue weighted by atomic mass is 32.2. The van der Waals surface area contributed by atoms with Gasteiger partial charge in [-0.3, -0.25) is 4.99 Å². The average molecular weight is 210 g/mol. The summed E-state index contributed by atoms with van der Waals surface area (Å²) in [6.45, 7) is 0.212. The lowest BCUT2D eigenvalue weighted by Crippen LogP contribution is -2.26. The van der Waals surface area contributed by atoms with Crippen LogP contribution in [0.5, 0.6) is 0 Å². The van der Waals surface area contributed by atoms with E-state index in [1.165, 1.54) is 12.7 Å². The monoisotopic (exact) mass is 210 g/mol. The van der Waals surface area contributed by atoms with Crippen molar-refractivity contribution in [3.8, 4) is 0 Å². The van der Waals surface area contributed by atoms with Gasteiger partial charge in [0.1, 0.15) is 17.7 Å². The SMILES string of the molecule is OCCCSC1=NC=NC2=NC=NC21. The maximum atomic E-state index is 8.65. The summed E-state index contributed by atoms with van der Waals surface area (Å²) in [7, 11) is 0. The number of aliphatic hydroxyl groups excluding tert-OH is 1. The Kier molecular flexibility index (Phi) is 3.05. The first-order chi connectivity index (χ1) is 6.92. The van der Waals surface area contributed by atoms with Crippen LogP contribution in [0.15, 0.2) is 20.0 Å². The third kappa shape index (κ3) is 1.91. The van der Waals surface area contributed by atoms with Crippen molar-refractivity contribution < 1.29 is 5.11 Å². The minimum Gasteiger partial charge on any atom is -0.396 e. The molecule has 0 spiro atoms. The fourth-order valence-corrected chi connectivity index (χ4v) is 2.08. The number of amidine groups is 1. The van der Waals surface area contributed by atoms with Crippen LogP contribution in [0.2, 0.25) is 0 Å². The fraction of sp³-hybridized carbons (Fsp3) is 0.500. The first-order valence-corrected chi connectivity index (χ1v) is 5.33. The second-order valence-electron chi connectivity index (χ2n) is 2.79. The third-order valence-corrected chi connectivity index (χ3v) is 2.93. The van der Waals surface area contributed by atoms with Crippen molar-refractivity contribution >= 4 is 35.3 Å². The summed E-state index contributed by atoms with van der Waals surface area (Å²) < 4.78 is 0. The highest BCUT2D eigenvalue weighted by molar-refractivity contribution is 8.14. The van der Waals surface area contributed by atoms with Crippen molar-refractivity contribution in [1.29, 1.82) is 0 Å². The second-order valence-corrected chi connectivity index (χ2v) is 3.91. The summed E-state index contributed by atoms with van der Waals surface area (Å²) in [5.74, 6) is 1.56. The van der Waals surface area contributed by atoms with E-state index in [1.807, 2.05) is 0 Å². The molecule has 0 amide bonds. The van der Waals surface area contributed by atoms with Gasteiger partial charge in [-0.2, -0.15) is 0 Å². The van der Waals surface area contributed by atoms with E-state index in [4.69, 9.17) is 5.11 Å². The Bertz CT molecular complexity index is 334. The Morgan fingerprint density at radius 3 is 3.14 bits per heavy atom. The number of rotatable bonds is 3. The zero-order valence-corrected chi connectivity index (χ0v) is 8.31. The van der Waals surface area contributed by atoms with Crippen LogP contribution in [0, 0.1) is 0 Å². The largest absolute Gasteiger partial charge is 0.396 e. The van der Waals surface area contributed by atoms with Gasteiger partial charge in [0.25, 0.3) is 0 Å². The van der Waals surface area contributed by atoms with Gasteiger partial charge in [-0.05, 0) is 6.42 Å². The molecule has 0 fully saturated rings. The normalized spacial score (nSPS) is 23.4. The molecular formula is C8H10N4OS. The van der Waals surface area contributed by atoms with E-state index in [-0.39, 0.29) is 12.6 Å². The van der Waals surface area contributed by atoms with Gasteiger partial charge in [-0.25, -0.2) is 15.0 Å². The lowest BCUT2D eigenvalue weighted by Gasteiger charge is -2.12. The number of nitrogens with zero attached hydrogens (tertiary/aromatic N) is 4. The van der Waals surface area contributed by atoms with Gasteiger partial charge < -0.3 is 5.11 Å². The number of aliphatic hydroxyl groups is 1. The molecule has 1 N–H and O–H groups in total. The van der Waals surface area contributed by atoms with Gasteiger partial charge in [0.05, 0.1) is 0 Å². The second kappa shape index (κ2) is 4.47. The molecule has 0 aromatic rings. The zero-order valence-electron chi connectivity index (χ0n) is 7.50. The van der Waals surface area contributed by atoms with Crippen molar-refractivity contribution in [1.82, 2.24) is 0 Å². The maximum absolute atomic E-state index is 8.65. The molecule has 2 aliphatic heterocycles. The molecule has 1 unspecified atom stereocenters. The van der Waals surface area contributed by atoms with E-state index < -0.39 is 0 Å². The first-order valence-electron chi connectivity index (χ1n) is 4.35. The Labute approximate surface area is 85.8 Å². The van der Waals surface area contributed by atoms with Crippen molar-refractivity contribution in [3.63, 3.8) is 0 Å². The lowest BCUT2D eigenvalue weighted by molar-refractivity contribution is 0.296. The molecule has 2 heterocycles. The quantitative estimate of drug-likeness (QED) is 0.683. The molecule has 14 heavy (non-hydrogen) atoms. The van der Waals surface area contributed by atoms with E-state index in [1.54, 1.807) is 11.8 Å². The van der Waals surface area contributed by atoms with E-state index in [0.29, 0.717) is 5.84 Å². The number of hydrogen-bond acceptors (Lipinski definition) is 6. The number of fused-ring (bicyclic) bond motifs is 1. The molecule has 0 aliphatic carbocycles. The van der Waals surface area contributed by atoms with Crippen molar-refractivity contribution in [2.45, 2.75) is 12.5 Å². The van der Waals surface area contributed by atoms with Gasteiger partial charge in [-0.1, -0.05) is 0 Å². The lowest BCUT2D eigenvalue weighted by atomic mass is 10.3. The van der Waals surface area contributed by atoms with Crippen LogP contribution in [0.3, 0.4) is 0 Å². The summed E-state index contributed by atoms with van der Waals surface area (Å²) >= 11 is 1.60. The van der Waals surface area contributed by atoms with E-state index in [2.05, 4.69) is 20.0 Å². The van der Waals surface area contributed by atoms with Crippen LogP contribution in [-0.2, 0) is 0 Å². The Balaban J connectivity index is 1.97. The van der Waals surface area contributed by atoms with Crippen molar-refractivity contribution in [2.75, 3.05) is 12.4 Å². The fourth-order valence-electron chi connectivity index (χ4n) is 1.15. The molecule has 0 bridgehead atoms. The molecular weight excluding hydrogens is 200 g/mol. The van der Waals surface area contributed by atoms with E-state index in [0.717, 1.165) is 17.2 Å². The van der Waals surface area contributed by atoms with E-state index >= 15 is 0 Å². The molecule has 5 nitrogen and oxygen atoms in total. The smallest absolute Gasteiger partial charge is 0.163 e. The van der Waals surface area contributed by atoms with Gasteiger partial charge in [0, 0.05) is 12.4 Å². The standard InChI is InChI=1S/C8H10N4OS/c13-2-1-3-14-8-6-7(10-4-9-6)11-5-12-8/h4-6,13H,1-3H2. The van der Waals surface area contributed by atoms with Gasteiger partial charge >= 0.3 is 0 Å². The van der Waals surface area contributed by atoms with Crippen LogP contribution in [0.4, 0.5) is 0 Å². The predicted octanol–water partition coefficient (Wildman–Crippen LogP) is 0.351. The highest BCUT2D eigenvalue weighted by Gasteiger charge is 2.25. The molecule has 74 valence electrons. The van der Waals surface area contributed by atoms with Crippen LogP contribution in [0.25, 0.3) is 0 Å². The molecule has 0 saturated heterocycles. The van der Waals surface area contributed by atoms with Crippen molar-refractivity contribution in [2.24, 2.45) is 20.0 Å². The molecule has 0 radical (unpaired) electrons. The minimum absolute atomic E-state index is 0.0938. The zero-order chi connectivity index (χ0) is 9.80. The summed E-state index contributed by atoms with van der Waals surface area (Å²) in [4.78, 5) is 16.4. The predicted molar refractivity (Wildman–Crippen MR) is 59.8 cm³/mol. The van der Waals surface area contributed by atoms with Crippen LogP contribution < -0.4 is 0 Å². The summed E-state index contributed by atoms with van der Waals surface area (Å²) in [6.07, 6.45) is 3.79. The van der Waals surface area contributed by atoms with Gasteiger partial charge in [0.15, 0.2) is 11.9 Å². The van der Waals surface area contributed by atoms with Crippen LogP contribution in [-0.4, -0.2) is 47.1 Å². The molecule has 2 rings (SSSR count). The molecule has 0 aromatic heterocycles. The topological polar surface area (TPSA) is 69.7 Å². The van der Waals surface area contributed by atoms with Crippen LogP contribution >= 0.6 is 11.8 Å². The Hall–Kier alpha value is -1.01. The van der Waals surface area contributed by atoms with Crippen LogP contribution in [0.1, 0.15) is 6.42 Å². The Morgan fingerprint density at radius 1 is 1.36 bits per heavy atom. The molecule has 1 atom stereocenters. The molecule has 0 saturated carbocycles. The number of hydrogen-bond donors (Lipinski definition) is 1. The third-order valence-electron chi connectivity index (χ3n) is 1.81. The number of thioether (sulfide) groups is 1. The maximum Gasteiger partial charge on any atom is 0.163 e. The highest BCUT2D eigenvalue weighted by Crippen LogP contribution is 2.18. The van der Waals surface area contributed by atoms with Gasteiger partial charge in [-0.15, -0.1) is 11.8 Å². The summed E-state index contributed by atoms with van der Waals surface area (Å²) in [5, 5.41) is 9.57. The summed E-state index contributed by atoms with van der Waals surface area (Å²) in [5.41, 5.74) is 0. The van der Waals surface area contributed by atoms with E-state index in [9.17, 15) is 0 Å². The number of aliphatic imine (C=N–C) groups is 4. The van der Waals surface area contributed by atoms with Crippen molar-refractivity contribution in [3.05, 3.63) is 0 Å². The minimum atomic E-state index is -0.0938. The molecule has 2 aliphatic rings. The molecule has 6 heteroatoms. The Morgan fingerprint density at radius 2 is 2.29 bits per heavy atom. The summed E-state index contributed by atoms with van der Waals surface area (Å²) in [6, 6.07) is -0.0938.